The van der Waals surface area contributed by atoms with Gasteiger partial charge in [0.05, 0.1) is 10.6 Å². The summed E-state index contributed by atoms with van der Waals surface area (Å²) in [5.41, 5.74) is 6.06. The van der Waals surface area contributed by atoms with E-state index in [0.717, 1.165) is 18.4 Å². The second-order valence-electron chi connectivity index (χ2n) is 10.7. The number of sulfone groups is 1. The van der Waals surface area contributed by atoms with Crippen molar-refractivity contribution in [2.24, 2.45) is 5.41 Å². The second kappa shape index (κ2) is 11.6. The molecule has 2 heterocycles. The molecule has 0 amide bonds. The van der Waals surface area contributed by atoms with Crippen LogP contribution in [-0.4, -0.2) is 21.7 Å². The van der Waals surface area contributed by atoms with Gasteiger partial charge in [-0.15, -0.1) is 0 Å². The van der Waals surface area contributed by atoms with Crippen molar-refractivity contribution in [1.29, 1.82) is 0 Å². The summed E-state index contributed by atoms with van der Waals surface area (Å²) in [4.78, 5) is 0.430. The molecule has 0 aromatic heterocycles. The van der Waals surface area contributed by atoms with Gasteiger partial charge in [-0.05, 0) is 78.0 Å². The van der Waals surface area contributed by atoms with Crippen molar-refractivity contribution >= 4 is 64.4 Å². The molecule has 0 spiro atoms. The summed E-state index contributed by atoms with van der Waals surface area (Å²) in [6, 6.07) is 25.0. The topological polar surface area (TPSA) is 34.1 Å². The number of halogens is 2. The Labute approximate surface area is 247 Å². The summed E-state index contributed by atoms with van der Waals surface area (Å²) < 4.78 is 33.0. The highest BCUT2D eigenvalue weighted by Gasteiger charge is 2.25. The van der Waals surface area contributed by atoms with E-state index in [9.17, 15) is 8.42 Å². The van der Waals surface area contributed by atoms with E-state index in [0.29, 0.717) is 4.90 Å². The van der Waals surface area contributed by atoms with Crippen molar-refractivity contribution in [2.45, 2.75) is 38.5 Å². The number of rotatable bonds is 7. The van der Waals surface area contributed by atoms with E-state index in [-0.39, 0.29) is 31.9 Å². The van der Waals surface area contributed by atoms with Gasteiger partial charge in [-0.25, -0.2) is 8.42 Å². The molecule has 0 N–H and O–H groups in total. The first-order chi connectivity index (χ1) is 18.2. The lowest BCUT2D eigenvalue weighted by molar-refractivity contribution is 0.461. The van der Waals surface area contributed by atoms with Crippen LogP contribution in [0.3, 0.4) is 0 Å². The van der Waals surface area contributed by atoms with Crippen LogP contribution >= 0.6 is 41.5 Å². The minimum atomic E-state index is -3.36. The Morgan fingerprint density at radius 3 is 2.32 bits per heavy atom. The van der Waals surface area contributed by atoms with Gasteiger partial charge < -0.3 is 0 Å². The summed E-state index contributed by atoms with van der Waals surface area (Å²) >= 11 is -0.500. The lowest BCUT2D eigenvalue weighted by atomic mass is 9.91. The Morgan fingerprint density at radius 1 is 0.816 bits per heavy atom. The molecule has 196 valence electrons. The van der Waals surface area contributed by atoms with Crippen LogP contribution in [0.2, 0.25) is 0 Å². The van der Waals surface area contributed by atoms with Crippen LogP contribution in [0.15, 0.2) is 106 Å². The first-order valence-electron chi connectivity index (χ1n) is 12.8. The highest BCUT2D eigenvalue weighted by molar-refractivity contribution is 14.2. The minimum absolute atomic E-state index is 0.0311. The summed E-state index contributed by atoms with van der Waals surface area (Å²) in [6.07, 6.45) is 11.0. The third-order valence-electron chi connectivity index (χ3n) is 6.31. The molecule has 0 fully saturated rings. The van der Waals surface area contributed by atoms with Gasteiger partial charge in [-0.3, -0.25) is 0 Å². The number of benzene rings is 3. The monoisotopic (exact) mass is 746 g/mol. The molecular formula is C33H32I2O2S. The maximum atomic E-state index is 13.2. The van der Waals surface area contributed by atoms with E-state index in [1.165, 1.54) is 29.3 Å². The Kier molecular flexibility index (Phi) is 8.45. The predicted octanol–water partition coefficient (Wildman–Crippen LogP) is 8.94. The smallest absolute Gasteiger partial charge is 0.178 e. The van der Waals surface area contributed by atoms with Crippen LogP contribution in [-0.2, 0) is 9.84 Å². The Balaban J connectivity index is 1.59. The molecule has 2 aliphatic rings. The maximum absolute atomic E-state index is 13.2. The van der Waals surface area contributed by atoms with Crippen LogP contribution in [0.4, 0.5) is 0 Å². The van der Waals surface area contributed by atoms with Gasteiger partial charge in [0.2, 0.25) is 0 Å². The average Bonchev–Trinajstić information content (AvgIpc) is 2.91. The molecular weight excluding hydrogens is 714 g/mol. The fourth-order valence-corrected chi connectivity index (χ4v) is 11.6. The first-order valence-corrected chi connectivity index (χ1v) is 18.9. The molecule has 2 aliphatic heterocycles. The van der Waals surface area contributed by atoms with Gasteiger partial charge in [-0.2, -0.15) is 0 Å². The molecule has 3 aromatic carbocycles. The molecule has 0 unspecified atom stereocenters. The predicted molar refractivity (Wildman–Crippen MR) is 181 cm³/mol. The summed E-state index contributed by atoms with van der Waals surface area (Å²) in [6.45, 7) is 5.93. The summed E-state index contributed by atoms with van der Waals surface area (Å²) in [5.74, 6) is 0.141. The maximum Gasteiger partial charge on any atom is 0.178 e. The molecule has 0 saturated carbocycles. The van der Waals surface area contributed by atoms with E-state index >= 15 is 0 Å². The van der Waals surface area contributed by atoms with Gasteiger partial charge >= 0.3 is 0 Å². The number of hydrogen-bond acceptors (Lipinski definition) is 2. The van der Waals surface area contributed by atoms with E-state index in [4.69, 9.17) is 0 Å². The lowest BCUT2D eigenvalue weighted by Crippen LogP contribution is -2.21. The van der Waals surface area contributed by atoms with Crippen molar-refractivity contribution in [3.8, 4) is 11.1 Å². The lowest BCUT2D eigenvalue weighted by Gasteiger charge is -2.22. The Morgan fingerprint density at radius 2 is 1.58 bits per heavy atom. The highest BCUT2D eigenvalue weighted by atomic mass is 127. The van der Waals surface area contributed by atoms with Crippen molar-refractivity contribution < 1.29 is 8.42 Å². The molecule has 5 rings (SSSR count). The molecule has 0 radical (unpaired) electrons. The van der Waals surface area contributed by atoms with Crippen LogP contribution in [0.1, 0.15) is 44.7 Å². The molecule has 0 atom stereocenters. The van der Waals surface area contributed by atoms with Gasteiger partial charge in [0.1, 0.15) is 0 Å². The molecule has 38 heavy (non-hydrogen) atoms. The van der Waals surface area contributed by atoms with Crippen LogP contribution in [0, 0.1) is 8.99 Å². The molecule has 2 nitrogen and oxygen atoms in total. The Hall–Kier alpha value is -1.97. The molecule has 0 saturated heterocycles. The largest absolute Gasteiger partial charge is 0.224 e. The summed E-state index contributed by atoms with van der Waals surface area (Å²) in [5, 5.41) is 0. The van der Waals surface area contributed by atoms with E-state index in [1.807, 2.05) is 32.9 Å². The fourth-order valence-electron chi connectivity index (χ4n) is 4.72. The quantitative estimate of drug-likeness (QED) is 0.227. The fraction of sp³-hybridized carbons (Fsp3) is 0.212. The van der Waals surface area contributed by atoms with Gasteiger partial charge in [-0.1, -0.05) is 135 Å². The molecule has 0 bridgehead atoms. The third-order valence-corrected chi connectivity index (χ3v) is 14.0. The number of fused-ring (bicyclic) bond motifs is 1. The van der Waals surface area contributed by atoms with E-state index in [2.05, 4.69) is 82.9 Å². The molecule has 5 heteroatoms. The minimum Gasteiger partial charge on any atom is -0.224 e. The summed E-state index contributed by atoms with van der Waals surface area (Å²) in [7, 11) is -3.36. The number of allylic oxidation sites excluding steroid dienone is 6. The van der Waals surface area contributed by atoms with Crippen molar-refractivity contribution in [3.05, 3.63) is 115 Å². The first kappa shape index (κ1) is 27.6. The standard InChI is InChI=1S/C33H32I2O2S/c1-33(2,3)23-38(36,37)28-15-9-13-25(21-28)31-22-26(18-19-27-14-7-8-20-34-27)32-29(16-10-17-30(32)35-31)24-11-5-4-6-12-24/h4-17,20-22H,18-19,23H2,1-3H3. The van der Waals surface area contributed by atoms with Crippen LogP contribution < -0.4 is 0 Å². The van der Waals surface area contributed by atoms with Crippen molar-refractivity contribution in [3.63, 3.8) is 0 Å². The highest BCUT2D eigenvalue weighted by Crippen LogP contribution is 2.42. The zero-order valence-electron chi connectivity index (χ0n) is 21.9. The number of hydrogen-bond donors (Lipinski definition) is 0. The van der Waals surface area contributed by atoms with Crippen molar-refractivity contribution in [1.82, 2.24) is 0 Å². The third kappa shape index (κ3) is 6.59. The molecule has 0 aliphatic carbocycles. The SMILES string of the molecule is CC(C)(C)CS(=O)(=O)c1cccc(C2=Ic3cccc(-c4ccccc4)c3C(CCC3=CC=CC=I3)=C2)c1. The van der Waals surface area contributed by atoms with Crippen LogP contribution in [0.5, 0.6) is 0 Å². The zero-order valence-corrected chi connectivity index (χ0v) is 27.0. The molecule has 3 aromatic rings. The van der Waals surface area contributed by atoms with E-state index < -0.39 is 30.6 Å². The van der Waals surface area contributed by atoms with E-state index in [1.54, 1.807) is 9.65 Å². The van der Waals surface area contributed by atoms with Crippen molar-refractivity contribution in [2.75, 3.05) is 5.75 Å². The normalized spacial score (nSPS) is 15.4. The average molecular weight is 746 g/mol. The van der Waals surface area contributed by atoms with Crippen LogP contribution in [0.25, 0.3) is 16.7 Å². The van der Waals surface area contributed by atoms with Gasteiger partial charge in [0, 0.05) is 7.08 Å². The van der Waals surface area contributed by atoms with Gasteiger partial charge in [0.15, 0.2) is 9.84 Å². The zero-order chi connectivity index (χ0) is 26.8. The van der Waals surface area contributed by atoms with Gasteiger partial charge in [0.25, 0.3) is 0 Å². The Bertz CT molecular complexity index is 1620. The second-order valence-corrected chi connectivity index (χ2v) is 18.3.